The van der Waals surface area contributed by atoms with Crippen LogP contribution >= 0.6 is 0 Å². The zero-order valence-electron chi connectivity index (χ0n) is 14.0. The molecule has 1 aliphatic rings. The Hall–Kier alpha value is -3.33. The lowest BCUT2D eigenvalue weighted by molar-refractivity contribution is 0.122. The molecule has 1 saturated heterocycles. The van der Waals surface area contributed by atoms with Crippen LogP contribution in [0.4, 0.5) is 17.3 Å². The van der Waals surface area contributed by atoms with Crippen molar-refractivity contribution in [3.63, 3.8) is 0 Å². The maximum Gasteiger partial charge on any atom is 0.261 e. The molecule has 0 atom stereocenters. The van der Waals surface area contributed by atoms with Gasteiger partial charge in [-0.25, -0.2) is 0 Å². The van der Waals surface area contributed by atoms with Crippen molar-refractivity contribution in [2.24, 2.45) is 0 Å². The van der Waals surface area contributed by atoms with E-state index in [1.807, 2.05) is 18.2 Å². The van der Waals surface area contributed by atoms with Gasteiger partial charge in [-0.1, -0.05) is 5.10 Å². The summed E-state index contributed by atoms with van der Waals surface area (Å²) in [4.78, 5) is 2.27. The molecule has 0 amide bonds. The molecule has 0 aliphatic carbocycles. The van der Waals surface area contributed by atoms with Crippen molar-refractivity contribution >= 4 is 39.1 Å². The van der Waals surface area contributed by atoms with E-state index in [1.54, 1.807) is 12.1 Å². The predicted octanol–water partition coefficient (Wildman–Crippen LogP) is 1.09. The lowest BCUT2D eigenvalue weighted by atomic mass is 10.1. The van der Waals surface area contributed by atoms with Gasteiger partial charge in [-0.3, -0.25) is 0 Å². The zero-order valence-corrected chi connectivity index (χ0v) is 14.0. The van der Waals surface area contributed by atoms with Gasteiger partial charge in [-0.2, -0.15) is 0 Å². The molecule has 1 fully saturated rings. The van der Waals surface area contributed by atoms with E-state index in [0.717, 1.165) is 29.5 Å². The summed E-state index contributed by atoms with van der Waals surface area (Å²) in [6, 6.07) is 11.4. The number of hydrogen-bond donors (Lipinski definition) is 2. The summed E-state index contributed by atoms with van der Waals surface area (Å²) in [7, 11) is 0. The average Bonchev–Trinajstić information content (AvgIpc) is 2.67. The molecule has 1 aliphatic heterocycles. The molecule has 26 heavy (non-hydrogen) atoms. The number of nitrogen functional groups attached to an aromatic ring is 2. The number of benzene rings is 2. The predicted molar refractivity (Wildman–Crippen MR) is 99.9 cm³/mol. The van der Waals surface area contributed by atoms with Crippen LogP contribution in [0, 0.1) is 0 Å². The van der Waals surface area contributed by atoms with Crippen molar-refractivity contribution in [3.8, 4) is 0 Å². The van der Waals surface area contributed by atoms with Crippen molar-refractivity contribution in [2.45, 2.75) is 0 Å². The topological polar surface area (TPSA) is 129 Å². The summed E-state index contributed by atoms with van der Waals surface area (Å²) in [5.74, 6) is -0.0649. The van der Waals surface area contributed by atoms with E-state index in [1.165, 1.54) is 0 Å². The van der Waals surface area contributed by atoms with Crippen LogP contribution < -0.4 is 16.4 Å². The third kappa shape index (κ3) is 3.24. The molecule has 2 aromatic carbocycles. The lowest BCUT2D eigenvalue weighted by Crippen LogP contribution is -2.36. The number of ether oxygens (including phenoxy) is 1. The number of hydrogen-bond acceptors (Lipinski definition) is 9. The van der Waals surface area contributed by atoms with Crippen LogP contribution in [-0.2, 0) is 4.74 Å². The summed E-state index contributed by atoms with van der Waals surface area (Å²) in [5, 5.41) is 21.4. The van der Waals surface area contributed by atoms with Gasteiger partial charge in [0.15, 0.2) is 0 Å². The maximum atomic E-state index is 6.01. The third-order valence-electron chi connectivity index (χ3n) is 4.23. The van der Waals surface area contributed by atoms with Crippen molar-refractivity contribution < 1.29 is 4.74 Å². The first-order valence-electron chi connectivity index (χ1n) is 8.23. The van der Waals surface area contributed by atoms with Crippen LogP contribution in [-0.4, -0.2) is 51.9 Å². The molecule has 3 aromatic rings. The van der Waals surface area contributed by atoms with Gasteiger partial charge in [0, 0.05) is 35.2 Å². The molecular weight excluding hydrogens is 332 g/mol. The summed E-state index contributed by atoms with van der Waals surface area (Å²) < 4.78 is 5.44. The number of nitrogens with zero attached hydrogens (tertiary/aromatic N) is 6. The first-order chi connectivity index (χ1) is 12.7. The summed E-state index contributed by atoms with van der Waals surface area (Å²) >= 11 is 0. The van der Waals surface area contributed by atoms with Gasteiger partial charge in [0.05, 0.1) is 24.2 Å². The fourth-order valence-corrected chi connectivity index (χ4v) is 2.94. The highest BCUT2D eigenvalue weighted by Gasteiger charge is 2.12. The number of rotatable bonds is 1. The Morgan fingerprint density at radius 2 is 1.54 bits per heavy atom. The van der Waals surface area contributed by atoms with E-state index in [-0.39, 0.29) is 5.95 Å². The maximum absolute atomic E-state index is 6.01. The van der Waals surface area contributed by atoms with Crippen LogP contribution in [0.3, 0.4) is 0 Å². The van der Waals surface area contributed by atoms with Gasteiger partial charge in [0.25, 0.3) is 5.95 Å². The molecule has 4 N–H and O–H groups in total. The van der Waals surface area contributed by atoms with Crippen molar-refractivity contribution in [1.29, 1.82) is 0 Å². The van der Waals surface area contributed by atoms with E-state index in [2.05, 4.69) is 36.6 Å². The van der Waals surface area contributed by atoms with E-state index in [4.69, 9.17) is 16.2 Å². The summed E-state index contributed by atoms with van der Waals surface area (Å²) in [5.41, 5.74) is 14.6. The van der Waals surface area contributed by atoms with Gasteiger partial charge in [0.1, 0.15) is 0 Å². The highest BCUT2D eigenvalue weighted by Crippen LogP contribution is 2.27. The normalized spacial score (nSPS) is 14.4. The molecule has 0 bridgehead atoms. The smallest absolute Gasteiger partial charge is 0.261 e. The highest BCUT2D eigenvalue weighted by atomic mass is 16.5. The van der Waals surface area contributed by atoms with Crippen LogP contribution in [0.5, 0.6) is 0 Å². The minimum Gasteiger partial charge on any atom is -0.399 e. The standard InChI is InChI=1S/C17H18N8O/c18-11-1-3-15-13(9-11)14-10-12(25-5-7-26-8-6-25)2-4-16(14)21-24-23-17(19)22-20-15/h1-4,9-10H,5-8,18H2,(H2,19,21,22,23). The molecule has 1 aromatic heterocycles. The van der Waals surface area contributed by atoms with Crippen LogP contribution in [0.25, 0.3) is 21.8 Å². The van der Waals surface area contributed by atoms with E-state index in [9.17, 15) is 0 Å². The monoisotopic (exact) mass is 350 g/mol. The van der Waals surface area contributed by atoms with Crippen LogP contribution in [0.1, 0.15) is 0 Å². The Kier molecular flexibility index (Phi) is 4.28. The third-order valence-corrected chi connectivity index (χ3v) is 4.23. The summed E-state index contributed by atoms with van der Waals surface area (Å²) in [6.07, 6.45) is 0. The quantitative estimate of drug-likeness (QED) is 0.619. The molecule has 9 nitrogen and oxygen atoms in total. The van der Waals surface area contributed by atoms with Gasteiger partial charge >= 0.3 is 0 Å². The number of anilines is 3. The van der Waals surface area contributed by atoms with Gasteiger partial charge in [-0.15, -0.1) is 15.3 Å². The number of fused-ring (bicyclic) bond motifs is 3. The largest absolute Gasteiger partial charge is 0.399 e. The Morgan fingerprint density at radius 3 is 2.38 bits per heavy atom. The first kappa shape index (κ1) is 16.2. The Balaban J connectivity index is 2.04. The van der Waals surface area contributed by atoms with Gasteiger partial charge < -0.3 is 21.1 Å². The Morgan fingerprint density at radius 1 is 0.808 bits per heavy atom. The van der Waals surface area contributed by atoms with Crippen LogP contribution in [0.2, 0.25) is 0 Å². The highest BCUT2D eigenvalue weighted by molar-refractivity contribution is 6.04. The van der Waals surface area contributed by atoms with Gasteiger partial charge in [0.2, 0.25) is 0 Å². The van der Waals surface area contributed by atoms with Gasteiger partial charge in [-0.05, 0) is 41.6 Å². The lowest BCUT2D eigenvalue weighted by Gasteiger charge is -2.29. The minimum atomic E-state index is -0.0649. The molecule has 0 saturated carbocycles. The molecule has 2 heterocycles. The summed E-state index contributed by atoms with van der Waals surface area (Å²) in [6.45, 7) is 3.10. The van der Waals surface area contributed by atoms with Crippen molar-refractivity contribution in [1.82, 2.24) is 25.6 Å². The molecule has 4 rings (SSSR count). The average molecular weight is 350 g/mol. The van der Waals surface area contributed by atoms with E-state index >= 15 is 0 Å². The molecule has 9 heteroatoms. The van der Waals surface area contributed by atoms with E-state index in [0.29, 0.717) is 29.9 Å². The molecule has 132 valence electrons. The van der Waals surface area contributed by atoms with E-state index < -0.39 is 0 Å². The molecule has 0 spiro atoms. The number of nitrogens with two attached hydrogens (primary N) is 2. The number of morpholine rings is 1. The molecule has 0 unspecified atom stereocenters. The second-order valence-corrected chi connectivity index (χ2v) is 5.93. The Bertz CT molecular complexity index is 1020. The molecular formula is C17H18N8O. The fourth-order valence-electron chi connectivity index (χ4n) is 2.94. The molecule has 0 radical (unpaired) electrons. The number of aromatic nitrogens is 5. The zero-order chi connectivity index (χ0) is 17.9. The Labute approximate surface area is 149 Å². The fraction of sp³-hybridized carbons (Fsp3) is 0.235. The van der Waals surface area contributed by atoms with Crippen molar-refractivity contribution in [3.05, 3.63) is 36.4 Å². The van der Waals surface area contributed by atoms with Crippen molar-refractivity contribution in [2.75, 3.05) is 42.7 Å². The first-order valence-corrected chi connectivity index (χ1v) is 8.23. The second kappa shape index (κ2) is 6.89. The second-order valence-electron chi connectivity index (χ2n) is 5.93. The van der Waals surface area contributed by atoms with Crippen LogP contribution in [0.15, 0.2) is 36.4 Å². The SMILES string of the molecule is Nc1ccc2nnc(N)nnnc3ccc(N4CCOCC4)cc3c2c1. The minimum absolute atomic E-state index is 0.0649.